The predicted molar refractivity (Wildman–Crippen MR) is 103 cm³/mol. The summed E-state index contributed by atoms with van der Waals surface area (Å²) >= 11 is 0. The van der Waals surface area contributed by atoms with Crippen LogP contribution in [0.4, 0.5) is 0 Å². The SMILES string of the molecule is Cc1ccc(S(=O)(=O)NCc2ccco2)cc1C(=O)NCCCn1cccn1. The number of aromatic nitrogens is 2. The molecule has 0 aliphatic rings. The van der Waals surface area contributed by atoms with Gasteiger partial charge in [-0.3, -0.25) is 9.48 Å². The molecule has 28 heavy (non-hydrogen) atoms. The Morgan fingerprint density at radius 1 is 1.25 bits per heavy atom. The lowest BCUT2D eigenvalue weighted by Gasteiger charge is -2.11. The molecule has 0 fully saturated rings. The van der Waals surface area contributed by atoms with Gasteiger partial charge in [-0.05, 0) is 49.2 Å². The maximum Gasteiger partial charge on any atom is 0.251 e. The lowest BCUT2D eigenvalue weighted by atomic mass is 10.1. The topological polar surface area (TPSA) is 106 Å². The van der Waals surface area contributed by atoms with Gasteiger partial charge in [0.2, 0.25) is 10.0 Å². The summed E-state index contributed by atoms with van der Waals surface area (Å²) in [6, 6.07) is 9.70. The number of sulfonamides is 1. The van der Waals surface area contributed by atoms with Crippen LogP contribution in [0.15, 0.2) is 64.4 Å². The van der Waals surface area contributed by atoms with Gasteiger partial charge >= 0.3 is 0 Å². The molecule has 1 amide bonds. The van der Waals surface area contributed by atoms with Crippen molar-refractivity contribution in [2.75, 3.05) is 6.54 Å². The molecule has 0 atom stereocenters. The third-order valence-corrected chi connectivity index (χ3v) is 5.59. The van der Waals surface area contributed by atoms with E-state index in [2.05, 4.69) is 15.1 Å². The monoisotopic (exact) mass is 402 g/mol. The van der Waals surface area contributed by atoms with Crippen LogP contribution in [-0.2, 0) is 23.1 Å². The van der Waals surface area contributed by atoms with E-state index >= 15 is 0 Å². The van der Waals surface area contributed by atoms with Crippen molar-refractivity contribution in [3.63, 3.8) is 0 Å². The van der Waals surface area contributed by atoms with E-state index in [0.29, 0.717) is 30.0 Å². The molecule has 8 nitrogen and oxygen atoms in total. The summed E-state index contributed by atoms with van der Waals surface area (Å²) in [5.74, 6) is 0.201. The smallest absolute Gasteiger partial charge is 0.251 e. The number of nitrogens with zero attached hydrogens (tertiary/aromatic N) is 2. The van der Waals surface area contributed by atoms with Crippen LogP contribution in [0.1, 0.15) is 28.1 Å². The highest BCUT2D eigenvalue weighted by Gasteiger charge is 2.18. The van der Waals surface area contributed by atoms with Gasteiger partial charge in [0.25, 0.3) is 5.91 Å². The molecule has 3 rings (SSSR count). The lowest BCUT2D eigenvalue weighted by Crippen LogP contribution is -2.27. The minimum Gasteiger partial charge on any atom is -0.468 e. The fourth-order valence-corrected chi connectivity index (χ4v) is 3.67. The van der Waals surface area contributed by atoms with E-state index in [4.69, 9.17) is 4.42 Å². The van der Waals surface area contributed by atoms with Crippen LogP contribution < -0.4 is 10.0 Å². The van der Waals surface area contributed by atoms with Gasteiger partial charge in [-0.15, -0.1) is 0 Å². The second-order valence-electron chi connectivity index (χ2n) is 6.26. The number of aryl methyl sites for hydroxylation is 2. The summed E-state index contributed by atoms with van der Waals surface area (Å²) in [6.07, 6.45) is 5.75. The molecule has 148 valence electrons. The minimum absolute atomic E-state index is 0.0337. The number of nitrogens with one attached hydrogen (secondary N) is 2. The lowest BCUT2D eigenvalue weighted by molar-refractivity contribution is 0.0951. The minimum atomic E-state index is -3.77. The third kappa shape index (κ3) is 5.08. The first-order valence-corrected chi connectivity index (χ1v) is 10.3. The Bertz CT molecular complexity index is 1010. The summed E-state index contributed by atoms with van der Waals surface area (Å²) in [5, 5.41) is 6.93. The van der Waals surface area contributed by atoms with Crippen LogP contribution in [0.5, 0.6) is 0 Å². The largest absolute Gasteiger partial charge is 0.468 e. The highest BCUT2D eigenvalue weighted by Crippen LogP contribution is 2.16. The predicted octanol–water partition coefficient (Wildman–Crippen LogP) is 2.08. The van der Waals surface area contributed by atoms with E-state index in [1.54, 1.807) is 36.0 Å². The molecular weight excluding hydrogens is 380 g/mol. The van der Waals surface area contributed by atoms with E-state index in [0.717, 1.165) is 6.42 Å². The molecule has 0 spiro atoms. The summed E-state index contributed by atoms with van der Waals surface area (Å²) in [6.45, 7) is 2.97. The van der Waals surface area contributed by atoms with E-state index < -0.39 is 10.0 Å². The molecule has 0 radical (unpaired) electrons. The number of amides is 1. The molecule has 2 aromatic heterocycles. The molecule has 2 N–H and O–H groups in total. The molecule has 0 saturated carbocycles. The van der Waals surface area contributed by atoms with Crippen molar-refractivity contribution in [2.24, 2.45) is 0 Å². The van der Waals surface area contributed by atoms with Crippen LogP contribution in [0.2, 0.25) is 0 Å². The van der Waals surface area contributed by atoms with Gasteiger partial charge < -0.3 is 9.73 Å². The van der Waals surface area contributed by atoms with Crippen molar-refractivity contribution in [1.82, 2.24) is 19.8 Å². The average Bonchev–Trinajstić information content (AvgIpc) is 3.37. The summed E-state index contributed by atoms with van der Waals surface area (Å²) in [4.78, 5) is 12.5. The van der Waals surface area contributed by atoms with Crippen molar-refractivity contribution in [2.45, 2.75) is 31.3 Å². The fraction of sp³-hybridized carbons (Fsp3) is 0.263. The average molecular weight is 402 g/mol. The normalized spacial score (nSPS) is 11.5. The Kier molecular flexibility index (Phi) is 6.27. The second-order valence-corrected chi connectivity index (χ2v) is 8.03. The highest BCUT2D eigenvalue weighted by molar-refractivity contribution is 7.89. The van der Waals surface area contributed by atoms with Crippen LogP contribution in [0.25, 0.3) is 0 Å². The number of benzene rings is 1. The molecule has 0 aliphatic heterocycles. The van der Waals surface area contributed by atoms with E-state index in [9.17, 15) is 13.2 Å². The van der Waals surface area contributed by atoms with Crippen LogP contribution >= 0.6 is 0 Å². The zero-order valence-electron chi connectivity index (χ0n) is 15.5. The quantitative estimate of drug-likeness (QED) is 0.533. The van der Waals surface area contributed by atoms with Gasteiger partial charge in [-0.25, -0.2) is 13.1 Å². The maximum atomic E-state index is 12.5. The van der Waals surface area contributed by atoms with Gasteiger partial charge in [0.1, 0.15) is 5.76 Å². The van der Waals surface area contributed by atoms with E-state index in [1.165, 1.54) is 18.4 Å². The van der Waals surface area contributed by atoms with Crippen molar-refractivity contribution < 1.29 is 17.6 Å². The number of hydrogen-bond acceptors (Lipinski definition) is 5. The molecule has 2 heterocycles. The first-order chi connectivity index (χ1) is 13.5. The Morgan fingerprint density at radius 2 is 2.11 bits per heavy atom. The van der Waals surface area contributed by atoms with Crippen LogP contribution in [0.3, 0.4) is 0 Å². The van der Waals surface area contributed by atoms with Crippen molar-refractivity contribution in [3.8, 4) is 0 Å². The van der Waals surface area contributed by atoms with Gasteiger partial charge in [-0.1, -0.05) is 6.07 Å². The highest BCUT2D eigenvalue weighted by atomic mass is 32.2. The van der Waals surface area contributed by atoms with Crippen molar-refractivity contribution in [1.29, 1.82) is 0 Å². The molecule has 0 aliphatic carbocycles. The number of hydrogen-bond donors (Lipinski definition) is 2. The standard InChI is InChI=1S/C19H22N4O4S/c1-15-6-7-17(28(25,26)22-14-16-5-2-12-27-16)13-18(15)19(24)20-8-3-10-23-11-4-9-21-23/h2,4-7,9,11-13,22H,3,8,10,14H2,1H3,(H,20,24). The molecular formula is C19H22N4O4S. The van der Waals surface area contributed by atoms with Gasteiger partial charge in [-0.2, -0.15) is 5.10 Å². The van der Waals surface area contributed by atoms with E-state index in [-0.39, 0.29) is 17.3 Å². The zero-order valence-corrected chi connectivity index (χ0v) is 16.3. The van der Waals surface area contributed by atoms with Crippen molar-refractivity contribution >= 4 is 15.9 Å². The Morgan fingerprint density at radius 3 is 2.82 bits per heavy atom. The van der Waals surface area contributed by atoms with Gasteiger partial charge in [0.05, 0.1) is 17.7 Å². The fourth-order valence-electron chi connectivity index (χ4n) is 2.65. The van der Waals surface area contributed by atoms with Gasteiger partial charge in [0, 0.05) is 31.0 Å². The Hall–Kier alpha value is -2.91. The number of carbonyl (C=O) groups excluding carboxylic acids is 1. The molecule has 0 bridgehead atoms. The molecule has 9 heteroatoms. The first-order valence-electron chi connectivity index (χ1n) is 8.84. The molecule has 1 aromatic carbocycles. The van der Waals surface area contributed by atoms with Crippen LogP contribution in [-0.4, -0.2) is 30.7 Å². The van der Waals surface area contributed by atoms with E-state index in [1.807, 2.05) is 12.3 Å². The number of rotatable bonds is 9. The Balaban J connectivity index is 1.62. The summed E-state index contributed by atoms with van der Waals surface area (Å²) in [7, 11) is -3.77. The van der Waals surface area contributed by atoms with Crippen LogP contribution in [0, 0.1) is 6.92 Å². The second kappa shape index (κ2) is 8.85. The van der Waals surface area contributed by atoms with Gasteiger partial charge in [0.15, 0.2) is 0 Å². The molecule has 0 unspecified atom stereocenters. The summed E-state index contributed by atoms with van der Waals surface area (Å²) in [5.41, 5.74) is 1.04. The van der Waals surface area contributed by atoms with Crippen molar-refractivity contribution in [3.05, 3.63) is 71.9 Å². The first kappa shape index (κ1) is 19.8. The zero-order chi connectivity index (χ0) is 20.0. The maximum absolute atomic E-state index is 12.5. The third-order valence-electron chi connectivity index (χ3n) is 4.19. The molecule has 3 aromatic rings. The Labute approximate surface area is 163 Å². The summed E-state index contributed by atoms with van der Waals surface area (Å²) < 4.78 is 34.4. The number of carbonyl (C=O) groups is 1. The number of furan rings is 1. The molecule has 0 saturated heterocycles.